The van der Waals surface area contributed by atoms with Gasteiger partial charge in [0.2, 0.25) is 0 Å². The highest BCUT2D eigenvalue weighted by Crippen LogP contribution is 2.23. The van der Waals surface area contributed by atoms with E-state index in [9.17, 15) is 9.59 Å². The van der Waals surface area contributed by atoms with Crippen LogP contribution >= 0.6 is 11.6 Å². The molecule has 3 aromatic rings. The number of hydrogen-bond acceptors (Lipinski definition) is 4. The number of amides is 2. The van der Waals surface area contributed by atoms with Crippen molar-refractivity contribution in [2.45, 2.75) is 19.8 Å². The molecule has 0 radical (unpaired) electrons. The zero-order chi connectivity index (χ0) is 23.4. The second-order valence-corrected chi connectivity index (χ2v) is 8.32. The monoisotopic (exact) mass is 461 g/mol. The smallest absolute Gasteiger partial charge is 0.258 e. The molecule has 7 nitrogen and oxygen atoms in total. The number of nitrogens with one attached hydrogen (secondary N) is 3. The summed E-state index contributed by atoms with van der Waals surface area (Å²) in [5, 5.41) is 14.4. The van der Waals surface area contributed by atoms with Crippen LogP contribution in [0, 0.1) is 12.3 Å². The maximum absolute atomic E-state index is 12.9. The largest absolute Gasteiger partial charge is 0.357 e. The Bertz CT molecular complexity index is 1190. The lowest BCUT2D eigenvalue weighted by molar-refractivity contribution is 0.102. The van der Waals surface area contributed by atoms with Crippen LogP contribution in [-0.4, -0.2) is 40.6 Å². The highest BCUT2D eigenvalue weighted by atomic mass is 35.5. The molecule has 1 aliphatic heterocycles. The number of halogens is 1. The zero-order valence-electron chi connectivity index (χ0n) is 18.2. The summed E-state index contributed by atoms with van der Waals surface area (Å²) in [6.07, 6.45) is 3.65. The lowest BCUT2D eigenvalue weighted by atomic mass is 10.1. The average molecular weight is 462 g/mol. The number of hydrogen-bond donors (Lipinski definition) is 3. The van der Waals surface area contributed by atoms with Crippen LogP contribution < -0.4 is 10.6 Å². The minimum Gasteiger partial charge on any atom is -0.357 e. The second-order valence-electron chi connectivity index (χ2n) is 7.89. The quantitative estimate of drug-likeness (QED) is 0.369. The van der Waals surface area contributed by atoms with Crippen molar-refractivity contribution < 1.29 is 9.59 Å². The first-order chi connectivity index (χ1) is 15.9. The number of aromatic nitrogens is 1. The molecule has 2 amide bonds. The van der Waals surface area contributed by atoms with Crippen LogP contribution in [0.25, 0.3) is 0 Å². The number of nitrogens with zero attached hydrogens (tertiary/aromatic N) is 2. The van der Waals surface area contributed by atoms with Gasteiger partial charge in [-0.25, -0.2) is 4.98 Å². The van der Waals surface area contributed by atoms with Gasteiger partial charge in [-0.1, -0.05) is 35.9 Å². The SMILES string of the molecule is Cc1cccc(C(=O)Nc2ccc(Cl)cn2)c1NC(=O)c1ccc(C(=N)N2CCCC2)cc1. The summed E-state index contributed by atoms with van der Waals surface area (Å²) in [7, 11) is 0. The number of amidine groups is 1. The summed E-state index contributed by atoms with van der Waals surface area (Å²) in [5.74, 6) is 0.118. The maximum Gasteiger partial charge on any atom is 0.258 e. The molecule has 1 saturated heterocycles. The van der Waals surface area contributed by atoms with Gasteiger partial charge in [0.25, 0.3) is 11.8 Å². The summed E-state index contributed by atoms with van der Waals surface area (Å²) < 4.78 is 0. The zero-order valence-corrected chi connectivity index (χ0v) is 18.9. The number of anilines is 2. The van der Waals surface area contributed by atoms with E-state index < -0.39 is 5.91 Å². The van der Waals surface area contributed by atoms with Gasteiger partial charge >= 0.3 is 0 Å². The highest BCUT2D eigenvalue weighted by molar-refractivity contribution is 6.30. The Morgan fingerprint density at radius 2 is 1.64 bits per heavy atom. The average Bonchev–Trinajstić information content (AvgIpc) is 3.36. The Kier molecular flexibility index (Phi) is 6.70. The van der Waals surface area contributed by atoms with E-state index in [-0.39, 0.29) is 5.91 Å². The Morgan fingerprint density at radius 3 is 2.30 bits per heavy atom. The summed E-state index contributed by atoms with van der Waals surface area (Å²) in [6.45, 7) is 3.61. The number of para-hydroxylation sites is 1. The maximum atomic E-state index is 12.9. The van der Waals surface area contributed by atoms with Crippen LogP contribution in [0.15, 0.2) is 60.8 Å². The summed E-state index contributed by atoms with van der Waals surface area (Å²) in [4.78, 5) is 31.9. The van der Waals surface area contributed by atoms with E-state index >= 15 is 0 Å². The van der Waals surface area contributed by atoms with Crippen molar-refractivity contribution in [2.75, 3.05) is 23.7 Å². The number of aryl methyl sites for hydroxylation is 1. The third-order valence-electron chi connectivity index (χ3n) is 5.57. The number of rotatable bonds is 5. The van der Waals surface area contributed by atoms with E-state index in [1.807, 2.05) is 17.9 Å². The van der Waals surface area contributed by atoms with Gasteiger partial charge in [-0.05, 0) is 55.7 Å². The van der Waals surface area contributed by atoms with Crippen molar-refractivity contribution in [1.82, 2.24) is 9.88 Å². The molecule has 4 rings (SSSR count). The fraction of sp³-hybridized carbons (Fsp3) is 0.200. The van der Waals surface area contributed by atoms with Gasteiger partial charge in [0, 0.05) is 30.4 Å². The first-order valence-electron chi connectivity index (χ1n) is 10.7. The first kappa shape index (κ1) is 22.5. The summed E-state index contributed by atoms with van der Waals surface area (Å²) in [5.41, 5.74) is 2.74. The number of carbonyl (C=O) groups is 2. The van der Waals surface area contributed by atoms with E-state index in [1.165, 1.54) is 6.20 Å². The standard InChI is InChI=1S/C25H24ClN5O2/c1-16-5-4-6-20(25(33)29-21-12-11-19(26)15-28-21)22(16)30-24(32)18-9-7-17(8-10-18)23(27)31-13-2-3-14-31/h4-12,15,27H,2-3,13-14H2,1H3,(H,30,32)(H,28,29,33). The van der Waals surface area contributed by atoms with Gasteiger partial charge < -0.3 is 15.5 Å². The van der Waals surface area contributed by atoms with Crippen LogP contribution in [0.3, 0.4) is 0 Å². The fourth-order valence-electron chi connectivity index (χ4n) is 3.74. The second kappa shape index (κ2) is 9.83. The van der Waals surface area contributed by atoms with Crippen molar-refractivity contribution in [3.63, 3.8) is 0 Å². The van der Waals surface area contributed by atoms with Gasteiger partial charge in [-0.2, -0.15) is 0 Å². The molecule has 0 saturated carbocycles. The number of likely N-dealkylation sites (tertiary alicyclic amines) is 1. The predicted octanol–water partition coefficient (Wildman–Crippen LogP) is 4.97. The van der Waals surface area contributed by atoms with Crippen LogP contribution in [0.1, 0.15) is 44.7 Å². The molecule has 2 heterocycles. The molecule has 1 fully saturated rings. The fourth-order valence-corrected chi connectivity index (χ4v) is 3.86. The van der Waals surface area contributed by atoms with Crippen LogP contribution in [0.4, 0.5) is 11.5 Å². The molecule has 0 unspecified atom stereocenters. The molecular formula is C25H24ClN5O2. The molecule has 0 atom stereocenters. The van der Waals surface area contributed by atoms with Crippen molar-refractivity contribution in [2.24, 2.45) is 0 Å². The van der Waals surface area contributed by atoms with E-state index in [0.717, 1.165) is 37.1 Å². The lowest BCUT2D eigenvalue weighted by Crippen LogP contribution is -2.27. The third kappa shape index (κ3) is 5.21. The van der Waals surface area contributed by atoms with Gasteiger partial charge in [-0.3, -0.25) is 15.0 Å². The van der Waals surface area contributed by atoms with Gasteiger partial charge in [0.05, 0.1) is 16.3 Å². The molecule has 0 spiro atoms. The van der Waals surface area contributed by atoms with Crippen LogP contribution in [0.2, 0.25) is 5.02 Å². The molecule has 3 N–H and O–H groups in total. The van der Waals surface area contributed by atoms with Gasteiger partial charge in [-0.15, -0.1) is 0 Å². The van der Waals surface area contributed by atoms with Crippen molar-refractivity contribution in [1.29, 1.82) is 5.41 Å². The molecule has 2 aromatic carbocycles. The van der Waals surface area contributed by atoms with Gasteiger partial charge in [0.15, 0.2) is 0 Å². The molecule has 1 aromatic heterocycles. The summed E-state index contributed by atoms with van der Waals surface area (Å²) >= 11 is 5.85. The molecule has 0 bridgehead atoms. The van der Waals surface area contributed by atoms with Crippen molar-refractivity contribution in [3.8, 4) is 0 Å². The molecule has 8 heteroatoms. The number of carbonyl (C=O) groups excluding carboxylic acids is 2. The van der Waals surface area contributed by atoms with Crippen molar-refractivity contribution in [3.05, 3.63) is 88.1 Å². The highest BCUT2D eigenvalue weighted by Gasteiger charge is 2.19. The minimum atomic E-state index is -0.391. The van der Waals surface area contributed by atoms with Gasteiger partial charge in [0.1, 0.15) is 11.7 Å². The molecule has 168 valence electrons. The molecular weight excluding hydrogens is 438 g/mol. The van der Waals surface area contributed by atoms with Crippen LogP contribution in [0.5, 0.6) is 0 Å². The minimum absolute atomic E-state index is 0.326. The van der Waals surface area contributed by atoms with E-state index in [0.29, 0.717) is 33.5 Å². The van der Waals surface area contributed by atoms with E-state index in [4.69, 9.17) is 17.0 Å². The van der Waals surface area contributed by atoms with Crippen LogP contribution in [-0.2, 0) is 0 Å². The Balaban J connectivity index is 1.50. The predicted molar refractivity (Wildman–Crippen MR) is 130 cm³/mol. The topological polar surface area (TPSA) is 98.2 Å². The third-order valence-corrected chi connectivity index (χ3v) is 5.79. The summed E-state index contributed by atoms with van der Waals surface area (Å²) in [6, 6.07) is 15.4. The normalized spacial score (nSPS) is 13.0. The van der Waals surface area contributed by atoms with E-state index in [1.54, 1.807) is 48.5 Å². The van der Waals surface area contributed by atoms with E-state index in [2.05, 4.69) is 15.6 Å². The Morgan fingerprint density at radius 1 is 0.939 bits per heavy atom. The number of pyridine rings is 1. The molecule has 33 heavy (non-hydrogen) atoms. The molecule has 0 aliphatic carbocycles. The Hall–Kier alpha value is -3.71. The number of benzene rings is 2. The Labute approximate surface area is 197 Å². The molecule has 1 aliphatic rings. The first-order valence-corrected chi connectivity index (χ1v) is 11.1. The van der Waals surface area contributed by atoms with Crippen molar-refractivity contribution >= 4 is 40.8 Å². The lowest BCUT2D eigenvalue weighted by Gasteiger charge is -2.18.